The minimum absolute atomic E-state index is 0.0243. The lowest BCUT2D eigenvalue weighted by Gasteiger charge is -2.32. The number of hydrogen-bond acceptors (Lipinski definition) is 8. The fourth-order valence-electron chi connectivity index (χ4n) is 4.51. The molecular weight excluding hydrogens is 452 g/mol. The topological polar surface area (TPSA) is 124 Å². The molecule has 5 rings (SSSR count). The van der Waals surface area contributed by atoms with Crippen molar-refractivity contribution in [3.05, 3.63) is 60.0 Å². The lowest BCUT2D eigenvalue weighted by atomic mass is 10.1. The van der Waals surface area contributed by atoms with Gasteiger partial charge in [-0.25, -0.2) is 13.1 Å². The van der Waals surface area contributed by atoms with Gasteiger partial charge in [0.1, 0.15) is 0 Å². The molecule has 34 heavy (non-hydrogen) atoms. The molecule has 0 bridgehead atoms. The van der Waals surface area contributed by atoms with Crippen molar-refractivity contribution >= 4 is 21.4 Å². The smallest absolute Gasteiger partial charge is 0.252 e. The number of nitrogen functional groups attached to an aromatic ring is 1. The van der Waals surface area contributed by atoms with Gasteiger partial charge in [-0.1, -0.05) is 32.0 Å². The van der Waals surface area contributed by atoms with E-state index in [0.717, 1.165) is 29.8 Å². The highest BCUT2D eigenvalue weighted by molar-refractivity contribution is 7.91. The van der Waals surface area contributed by atoms with Crippen LogP contribution >= 0.6 is 0 Å². The molecule has 1 fully saturated rings. The molecule has 0 saturated carbocycles. The third-order valence-corrected chi connectivity index (χ3v) is 8.27. The average Bonchev–Trinajstić information content (AvgIpc) is 3.50. The Morgan fingerprint density at radius 1 is 1.15 bits per heavy atom. The van der Waals surface area contributed by atoms with Crippen molar-refractivity contribution in [2.75, 3.05) is 18.8 Å². The first kappa shape index (κ1) is 22.5. The predicted molar refractivity (Wildman–Crippen MR) is 128 cm³/mol. The number of piperidine rings is 1. The van der Waals surface area contributed by atoms with E-state index in [1.54, 1.807) is 12.4 Å². The van der Waals surface area contributed by atoms with Gasteiger partial charge in [-0.15, -0.1) is 0 Å². The average molecular weight is 481 g/mol. The Morgan fingerprint density at radius 3 is 2.74 bits per heavy atom. The summed E-state index contributed by atoms with van der Waals surface area (Å²) in [5, 5.41) is 7.74. The van der Waals surface area contributed by atoms with Crippen molar-refractivity contribution in [3.63, 3.8) is 0 Å². The first-order valence-corrected chi connectivity index (χ1v) is 12.9. The van der Waals surface area contributed by atoms with Crippen LogP contribution in [-0.4, -0.2) is 61.0 Å². The first-order valence-electron chi connectivity index (χ1n) is 11.4. The molecular formula is C23H28N8O2S. The number of likely N-dealkylation sites (tertiary alicyclic amines) is 1. The van der Waals surface area contributed by atoms with E-state index in [9.17, 15) is 8.42 Å². The van der Waals surface area contributed by atoms with Crippen LogP contribution in [0, 0.1) is 0 Å². The molecule has 11 heteroatoms. The van der Waals surface area contributed by atoms with E-state index >= 15 is 0 Å². The number of nitrogens with zero attached hydrogens (tertiary/aromatic N) is 7. The fraction of sp³-hybridized carbons (Fsp3) is 0.391. The van der Waals surface area contributed by atoms with Gasteiger partial charge in [0.25, 0.3) is 5.16 Å². The SMILES string of the molecule is CC(C)c1cnn2c(N)nc(S(=O)(=O)[C@@H]3CCCN(Cc4ccccc4-n4cccn4)C3)nc12. The van der Waals surface area contributed by atoms with Gasteiger partial charge in [-0.3, -0.25) is 4.90 Å². The quantitative estimate of drug-likeness (QED) is 0.446. The zero-order valence-corrected chi connectivity index (χ0v) is 20.1. The van der Waals surface area contributed by atoms with Gasteiger partial charge in [-0.2, -0.15) is 24.7 Å². The summed E-state index contributed by atoms with van der Waals surface area (Å²) < 4.78 is 30.4. The van der Waals surface area contributed by atoms with Crippen LogP contribution < -0.4 is 5.73 Å². The van der Waals surface area contributed by atoms with Gasteiger partial charge < -0.3 is 5.73 Å². The van der Waals surface area contributed by atoms with E-state index in [-0.39, 0.29) is 17.0 Å². The van der Waals surface area contributed by atoms with Crippen molar-refractivity contribution in [1.82, 2.24) is 34.3 Å². The zero-order valence-electron chi connectivity index (χ0n) is 19.2. The molecule has 10 nitrogen and oxygen atoms in total. The second-order valence-electron chi connectivity index (χ2n) is 8.98. The predicted octanol–water partition coefficient (Wildman–Crippen LogP) is 2.45. The summed E-state index contributed by atoms with van der Waals surface area (Å²) in [6, 6.07) is 9.92. The fourth-order valence-corrected chi connectivity index (χ4v) is 6.13. The number of rotatable bonds is 6. The second kappa shape index (κ2) is 8.80. The Balaban J connectivity index is 1.42. The van der Waals surface area contributed by atoms with Gasteiger partial charge >= 0.3 is 0 Å². The minimum atomic E-state index is -3.78. The summed E-state index contributed by atoms with van der Waals surface area (Å²) in [4.78, 5) is 10.7. The largest absolute Gasteiger partial charge is 0.368 e. The maximum Gasteiger partial charge on any atom is 0.252 e. The van der Waals surface area contributed by atoms with Crippen molar-refractivity contribution in [3.8, 4) is 5.69 Å². The zero-order chi connectivity index (χ0) is 23.9. The number of para-hydroxylation sites is 1. The number of benzene rings is 1. The van der Waals surface area contributed by atoms with Crippen LogP contribution in [0.25, 0.3) is 11.3 Å². The Kier molecular flexibility index (Phi) is 5.82. The lowest BCUT2D eigenvalue weighted by molar-refractivity contribution is 0.222. The molecule has 1 aliphatic heterocycles. The van der Waals surface area contributed by atoms with E-state index in [2.05, 4.69) is 31.1 Å². The number of aromatic nitrogens is 6. The molecule has 0 aliphatic carbocycles. The van der Waals surface area contributed by atoms with E-state index in [1.807, 2.05) is 49.0 Å². The van der Waals surface area contributed by atoms with E-state index < -0.39 is 15.1 Å². The molecule has 3 aromatic heterocycles. The molecule has 0 radical (unpaired) electrons. The van der Waals surface area contributed by atoms with Crippen molar-refractivity contribution in [2.24, 2.45) is 0 Å². The lowest BCUT2D eigenvalue weighted by Crippen LogP contribution is -2.42. The maximum absolute atomic E-state index is 13.6. The van der Waals surface area contributed by atoms with Gasteiger partial charge in [-0.05, 0) is 43.0 Å². The molecule has 4 heterocycles. The molecule has 0 unspecified atom stereocenters. The van der Waals surface area contributed by atoms with E-state index in [0.29, 0.717) is 25.2 Å². The van der Waals surface area contributed by atoms with Crippen molar-refractivity contribution in [1.29, 1.82) is 0 Å². The van der Waals surface area contributed by atoms with Crippen LogP contribution in [0.1, 0.15) is 43.7 Å². The van der Waals surface area contributed by atoms with E-state index in [1.165, 1.54) is 4.52 Å². The highest BCUT2D eigenvalue weighted by Crippen LogP contribution is 2.27. The van der Waals surface area contributed by atoms with Gasteiger partial charge in [0.2, 0.25) is 15.8 Å². The van der Waals surface area contributed by atoms with Crippen molar-refractivity contribution in [2.45, 2.75) is 49.6 Å². The van der Waals surface area contributed by atoms with Crippen LogP contribution in [0.5, 0.6) is 0 Å². The summed E-state index contributed by atoms with van der Waals surface area (Å²) in [6.07, 6.45) is 6.65. The summed E-state index contributed by atoms with van der Waals surface area (Å²) in [7, 11) is -3.78. The summed E-state index contributed by atoms with van der Waals surface area (Å²) in [5.41, 5.74) is 9.42. The molecule has 1 aromatic carbocycles. The summed E-state index contributed by atoms with van der Waals surface area (Å²) in [6.45, 7) is 5.86. The first-order chi connectivity index (χ1) is 16.3. The molecule has 0 spiro atoms. The molecule has 178 valence electrons. The monoisotopic (exact) mass is 480 g/mol. The molecule has 0 amide bonds. The molecule has 1 atom stereocenters. The molecule has 4 aromatic rings. The highest BCUT2D eigenvalue weighted by Gasteiger charge is 2.35. The number of fused-ring (bicyclic) bond motifs is 1. The van der Waals surface area contributed by atoms with Gasteiger partial charge in [0.15, 0.2) is 5.65 Å². The Labute approximate surface area is 198 Å². The Hall–Kier alpha value is -3.31. The van der Waals surface area contributed by atoms with E-state index in [4.69, 9.17) is 5.73 Å². The second-order valence-corrected chi connectivity index (χ2v) is 11.1. The van der Waals surface area contributed by atoms with Crippen LogP contribution in [0.15, 0.2) is 54.1 Å². The number of hydrogen-bond donors (Lipinski definition) is 1. The third-order valence-electron chi connectivity index (χ3n) is 6.31. The maximum atomic E-state index is 13.6. The minimum Gasteiger partial charge on any atom is -0.368 e. The normalized spacial score (nSPS) is 17.6. The van der Waals surface area contributed by atoms with Gasteiger partial charge in [0, 0.05) is 31.0 Å². The molecule has 1 saturated heterocycles. The Bertz CT molecular complexity index is 1410. The third kappa shape index (κ3) is 4.05. The summed E-state index contributed by atoms with van der Waals surface area (Å²) >= 11 is 0. The van der Waals surface area contributed by atoms with Gasteiger partial charge in [0.05, 0.1) is 17.1 Å². The number of sulfone groups is 1. The van der Waals surface area contributed by atoms with Crippen LogP contribution in [0.3, 0.4) is 0 Å². The van der Waals surface area contributed by atoms with Crippen LogP contribution in [0.4, 0.5) is 5.95 Å². The van der Waals surface area contributed by atoms with Crippen LogP contribution in [-0.2, 0) is 16.4 Å². The summed E-state index contributed by atoms with van der Waals surface area (Å²) in [5.74, 6) is 0.152. The highest BCUT2D eigenvalue weighted by atomic mass is 32.2. The van der Waals surface area contributed by atoms with Crippen LogP contribution in [0.2, 0.25) is 0 Å². The standard InChI is InChI=1S/C23H28N8O2S/c1-16(2)19-13-26-31-21(19)27-23(28-22(31)24)34(32,33)18-8-5-11-29(15-18)14-17-7-3-4-9-20(17)30-12-6-10-25-30/h3-4,6-7,9-10,12-13,16,18H,5,8,11,14-15H2,1-2H3,(H2,24,27,28)/t18-/m1/s1. The Morgan fingerprint density at radius 2 is 1.97 bits per heavy atom. The molecule has 2 N–H and O–H groups in total. The number of anilines is 1. The van der Waals surface area contributed by atoms with Crippen molar-refractivity contribution < 1.29 is 8.42 Å². The number of nitrogens with two attached hydrogens (primary N) is 1. The molecule has 1 aliphatic rings.